The summed E-state index contributed by atoms with van der Waals surface area (Å²) >= 11 is 0. The van der Waals surface area contributed by atoms with Crippen LogP contribution in [0.1, 0.15) is 38.5 Å². The lowest BCUT2D eigenvalue weighted by Crippen LogP contribution is -2.43. The van der Waals surface area contributed by atoms with Crippen molar-refractivity contribution in [3.63, 3.8) is 0 Å². The molecule has 4 nitrogen and oxygen atoms in total. The average Bonchev–Trinajstić information content (AvgIpc) is 2.50. The smallest absolute Gasteiger partial charge is 0.315 e. The number of hydrogen-bond acceptors (Lipinski definition) is 2. The summed E-state index contributed by atoms with van der Waals surface area (Å²) in [6.45, 7) is 1.06. The van der Waals surface area contributed by atoms with Crippen LogP contribution in [0.4, 0.5) is 9.18 Å². The molecular formula is C16H23FN2O2. The normalized spacial score (nSPS) is 15.5. The Hall–Kier alpha value is -1.78. The number of amides is 2. The Morgan fingerprint density at radius 3 is 2.62 bits per heavy atom. The Balaban J connectivity index is 1.52. The fraction of sp³-hybridized carbons (Fsp3) is 0.562. The molecule has 1 aliphatic rings. The molecule has 0 unspecified atom stereocenters. The molecule has 0 heterocycles. The molecule has 1 aromatic carbocycles. The van der Waals surface area contributed by atoms with Crippen molar-refractivity contribution in [2.45, 2.75) is 44.6 Å². The van der Waals surface area contributed by atoms with Crippen LogP contribution in [0.3, 0.4) is 0 Å². The van der Waals surface area contributed by atoms with Crippen molar-refractivity contribution in [2.24, 2.45) is 0 Å². The third kappa shape index (κ3) is 6.02. The molecule has 2 N–H and O–H groups in total. The number of hydrogen-bond donors (Lipinski definition) is 2. The highest BCUT2D eigenvalue weighted by Gasteiger charge is 2.14. The molecule has 1 saturated carbocycles. The molecule has 5 heteroatoms. The van der Waals surface area contributed by atoms with Gasteiger partial charge < -0.3 is 15.4 Å². The quantitative estimate of drug-likeness (QED) is 0.791. The van der Waals surface area contributed by atoms with E-state index < -0.39 is 0 Å². The molecule has 0 spiro atoms. The van der Waals surface area contributed by atoms with Gasteiger partial charge in [0.2, 0.25) is 0 Å². The highest BCUT2D eigenvalue weighted by Crippen LogP contribution is 2.17. The molecule has 0 aliphatic heterocycles. The van der Waals surface area contributed by atoms with Crippen molar-refractivity contribution < 1.29 is 13.9 Å². The van der Waals surface area contributed by atoms with Gasteiger partial charge in [-0.1, -0.05) is 19.3 Å². The molecule has 0 atom stereocenters. The summed E-state index contributed by atoms with van der Waals surface area (Å²) in [4.78, 5) is 11.7. The van der Waals surface area contributed by atoms with Gasteiger partial charge in [-0.15, -0.1) is 0 Å². The zero-order valence-corrected chi connectivity index (χ0v) is 12.2. The monoisotopic (exact) mass is 294 g/mol. The fourth-order valence-electron chi connectivity index (χ4n) is 2.48. The van der Waals surface area contributed by atoms with Crippen LogP contribution in [0.5, 0.6) is 5.75 Å². The average molecular weight is 294 g/mol. The van der Waals surface area contributed by atoms with Crippen LogP contribution < -0.4 is 15.4 Å². The maximum Gasteiger partial charge on any atom is 0.315 e. The van der Waals surface area contributed by atoms with E-state index in [4.69, 9.17) is 4.74 Å². The lowest BCUT2D eigenvalue weighted by atomic mass is 9.96. The molecular weight excluding hydrogens is 271 g/mol. The zero-order chi connectivity index (χ0) is 14.9. The minimum Gasteiger partial charge on any atom is -0.494 e. The molecule has 1 fully saturated rings. The molecule has 0 saturated heterocycles. The first-order valence-electron chi connectivity index (χ1n) is 7.67. The van der Waals surface area contributed by atoms with Gasteiger partial charge in [0.15, 0.2) is 0 Å². The first-order valence-corrected chi connectivity index (χ1v) is 7.67. The Kier molecular flexibility index (Phi) is 6.31. The van der Waals surface area contributed by atoms with Gasteiger partial charge in [-0.25, -0.2) is 9.18 Å². The van der Waals surface area contributed by atoms with Gasteiger partial charge in [0.1, 0.15) is 11.6 Å². The number of halogens is 1. The zero-order valence-electron chi connectivity index (χ0n) is 12.2. The van der Waals surface area contributed by atoms with E-state index in [2.05, 4.69) is 10.6 Å². The number of ether oxygens (including phenoxy) is 1. The molecule has 2 amide bonds. The topological polar surface area (TPSA) is 50.4 Å². The van der Waals surface area contributed by atoms with Crippen LogP contribution >= 0.6 is 0 Å². The van der Waals surface area contributed by atoms with Crippen molar-refractivity contribution in [2.75, 3.05) is 13.2 Å². The highest BCUT2D eigenvalue weighted by atomic mass is 19.1. The summed E-state index contributed by atoms with van der Waals surface area (Å²) in [5, 5.41) is 5.84. The van der Waals surface area contributed by atoms with Gasteiger partial charge in [0.25, 0.3) is 0 Å². The van der Waals surface area contributed by atoms with Gasteiger partial charge in [0.05, 0.1) is 6.61 Å². The Bertz CT molecular complexity index is 430. The van der Waals surface area contributed by atoms with Crippen LogP contribution in [0.25, 0.3) is 0 Å². The van der Waals surface area contributed by atoms with E-state index in [1.807, 2.05) is 0 Å². The predicted octanol–water partition coefficient (Wildman–Crippen LogP) is 3.23. The Morgan fingerprint density at radius 2 is 1.90 bits per heavy atom. The summed E-state index contributed by atoms with van der Waals surface area (Å²) in [6.07, 6.45) is 6.57. The van der Waals surface area contributed by atoms with Gasteiger partial charge in [-0.05, 0) is 43.5 Å². The maximum atomic E-state index is 12.7. The molecule has 2 rings (SSSR count). The highest BCUT2D eigenvalue weighted by molar-refractivity contribution is 5.74. The molecule has 0 aromatic heterocycles. The second kappa shape index (κ2) is 8.49. The van der Waals surface area contributed by atoms with Gasteiger partial charge in [-0.2, -0.15) is 0 Å². The summed E-state index contributed by atoms with van der Waals surface area (Å²) in [5.41, 5.74) is 0. The first kappa shape index (κ1) is 15.6. The number of benzene rings is 1. The van der Waals surface area contributed by atoms with Gasteiger partial charge in [0, 0.05) is 12.6 Å². The molecule has 0 radical (unpaired) electrons. The summed E-state index contributed by atoms with van der Waals surface area (Å²) < 4.78 is 18.2. The van der Waals surface area contributed by atoms with E-state index in [9.17, 15) is 9.18 Å². The van der Waals surface area contributed by atoms with E-state index in [0.717, 1.165) is 19.3 Å². The third-order valence-corrected chi connectivity index (χ3v) is 3.63. The van der Waals surface area contributed by atoms with Crippen molar-refractivity contribution in [1.29, 1.82) is 0 Å². The molecule has 1 aromatic rings. The van der Waals surface area contributed by atoms with Crippen LogP contribution in [0, 0.1) is 5.82 Å². The standard InChI is InChI=1S/C16H23FN2O2/c17-13-7-9-15(10-8-13)21-12-4-11-18-16(20)19-14-5-2-1-3-6-14/h7-10,14H,1-6,11-12H2,(H2,18,19,20). The van der Waals surface area contributed by atoms with Crippen LogP contribution in [0.2, 0.25) is 0 Å². The second-order valence-electron chi connectivity index (χ2n) is 5.39. The van der Waals surface area contributed by atoms with Crippen molar-refractivity contribution in [1.82, 2.24) is 10.6 Å². The number of carbonyl (C=O) groups is 1. The van der Waals surface area contributed by atoms with E-state index >= 15 is 0 Å². The van der Waals surface area contributed by atoms with E-state index in [-0.39, 0.29) is 11.8 Å². The van der Waals surface area contributed by atoms with Crippen molar-refractivity contribution >= 4 is 6.03 Å². The minimum atomic E-state index is -0.275. The lowest BCUT2D eigenvalue weighted by molar-refractivity contribution is 0.231. The summed E-state index contributed by atoms with van der Waals surface area (Å²) in [5.74, 6) is 0.367. The minimum absolute atomic E-state index is 0.0938. The molecule has 1 aliphatic carbocycles. The Morgan fingerprint density at radius 1 is 1.19 bits per heavy atom. The largest absolute Gasteiger partial charge is 0.494 e. The number of rotatable bonds is 6. The maximum absolute atomic E-state index is 12.7. The van der Waals surface area contributed by atoms with Crippen LogP contribution in [-0.4, -0.2) is 25.2 Å². The van der Waals surface area contributed by atoms with E-state index in [1.54, 1.807) is 12.1 Å². The van der Waals surface area contributed by atoms with Crippen LogP contribution in [-0.2, 0) is 0 Å². The van der Waals surface area contributed by atoms with Crippen LogP contribution in [0.15, 0.2) is 24.3 Å². The molecule has 0 bridgehead atoms. The number of carbonyl (C=O) groups excluding carboxylic acids is 1. The van der Waals surface area contributed by atoms with E-state index in [1.165, 1.54) is 31.4 Å². The first-order chi connectivity index (χ1) is 10.2. The molecule has 116 valence electrons. The van der Waals surface area contributed by atoms with Crippen molar-refractivity contribution in [3.8, 4) is 5.75 Å². The molecule has 21 heavy (non-hydrogen) atoms. The summed E-state index contributed by atoms with van der Waals surface area (Å²) in [7, 11) is 0. The number of nitrogens with one attached hydrogen (secondary N) is 2. The SMILES string of the molecule is O=C(NCCCOc1ccc(F)cc1)NC1CCCCC1. The van der Waals surface area contributed by atoms with E-state index in [0.29, 0.717) is 24.9 Å². The second-order valence-corrected chi connectivity index (χ2v) is 5.39. The van der Waals surface area contributed by atoms with Gasteiger partial charge >= 0.3 is 6.03 Å². The van der Waals surface area contributed by atoms with Crippen molar-refractivity contribution in [3.05, 3.63) is 30.1 Å². The predicted molar refractivity (Wildman–Crippen MR) is 79.9 cm³/mol. The summed E-state index contributed by atoms with van der Waals surface area (Å²) in [6, 6.07) is 6.16. The third-order valence-electron chi connectivity index (χ3n) is 3.63. The lowest BCUT2D eigenvalue weighted by Gasteiger charge is -2.22. The fourth-order valence-corrected chi connectivity index (χ4v) is 2.48. The van der Waals surface area contributed by atoms with Gasteiger partial charge in [-0.3, -0.25) is 0 Å². The number of urea groups is 1. The Labute approximate surface area is 125 Å².